The quantitative estimate of drug-likeness (QED) is 0.233. The standard InChI is InChI=1S/C31H30N4O4/c1-17-26(32-20(4)28(17)31(38)34-19(3)27-11-8-14-39-27)16-24-23-15-22(12-13-25(23)35-30(24)37)29(36)33-18(2)21-9-6-5-7-10-21/h5-16,18-19,32H,1-4H3,(H,33,36)(H,34,38)(H,35,37)/b24-16-. The summed E-state index contributed by atoms with van der Waals surface area (Å²) in [7, 11) is 0. The molecule has 8 nitrogen and oxygen atoms in total. The number of aromatic nitrogens is 1. The number of nitrogens with one attached hydrogen (secondary N) is 4. The first-order valence-electron chi connectivity index (χ1n) is 12.8. The summed E-state index contributed by atoms with van der Waals surface area (Å²) in [5.41, 5.74) is 5.69. The molecule has 0 bridgehead atoms. The van der Waals surface area contributed by atoms with Crippen molar-refractivity contribution in [1.82, 2.24) is 15.6 Å². The predicted molar refractivity (Wildman–Crippen MR) is 150 cm³/mol. The minimum atomic E-state index is -0.301. The third-order valence-corrected chi connectivity index (χ3v) is 7.02. The lowest BCUT2D eigenvalue weighted by atomic mass is 10.0. The number of amides is 3. The number of furan rings is 1. The van der Waals surface area contributed by atoms with E-state index in [2.05, 4.69) is 20.9 Å². The molecule has 2 aromatic heterocycles. The number of carbonyl (C=O) groups is 3. The number of carbonyl (C=O) groups excluding carboxylic acids is 3. The number of hydrogen-bond donors (Lipinski definition) is 4. The molecule has 8 heteroatoms. The Balaban J connectivity index is 1.40. The fourth-order valence-electron chi connectivity index (χ4n) is 4.86. The van der Waals surface area contributed by atoms with Gasteiger partial charge in [-0.15, -0.1) is 0 Å². The first-order valence-corrected chi connectivity index (χ1v) is 12.8. The van der Waals surface area contributed by atoms with Crippen LogP contribution in [-0.4, -0.2) is 22.7 Å². The van der Waals surface area contributed by atoms with E-state index in [0.717, 1.165) is 11.1 Å². The Morgan fingerprint density at radius 2 is 1.67 bits per heavy atom. The molecule has 2 aromatic carbocycles. The van der Waals surface area contributed by atoms with Crippen molar-refractivity contribution >= 4 is 35.1 Å². The first kappa shape index (κ1) is 25.8. The summed E-state index contributed by atoms with van der Waals surface area (Å²) in [5, 5.41) is 8.84. The van der Waals surface area contributed by atoms with Gasteiger partial charge in [0.1, 0.15) is 5.76 Å². The number of H-pyrrole nitrogens is 1. The molecule has 39 heavy (non-hydrogen) atoms. The van der Waals surface area contributed by atoms with E-state index in [-0.39, 0.29) is 29.8 Å². The zero-order valence-corrected chi connectivity index (χ0v) is 22.2. The number of anilines is 1. The van der Waals surface area contributed by atoms with Crippen LogP contribution in [0.5, 0.6) is 0 Å². The Morgan fingerprint density at radius 3 is 2.38 bits per heavy atom. The average Bonchev–Trinajstić information content (AvgIpc) is 3.63. The summed E-state index contributed by atoms with van der Waals surface area (Å²) < 4.78 is 5.40. The highest BCUT2D eigenvalue weighted by molar-refractivity contribution is 6.35. The Kier molecular flexibility index (Phi) is 6.94. The second-order valence-corrected chi connectivity index (χ2v) is 9.75. The van der Waals surface area contributed by atoms with Crippen molar-refractivity contribution < 1.29 is 18.8 Å². The topological polar surface area (TPSA) is 116 Å². The van der Waals surface area contributed by atoms with Crippen LogP contribution >= 0.6 is 0 Å². The molecule has 0 spiro atoms. The van der Waals surface area contributed by atoms with Crippen LogP contribution in [0.2, 0.25) is 0 Å². The maximum atomic E-state index is 13.1. The van der Waals surface area contributed by atoms with Gasteiger partial charge in [-0.05, 0) is 75.2 Å². The van der Waals surface area contributed by atoms with E-state index in [9.17, 15) is 14.4 Å². The molecule has 1 aliphatic heterocycles. The van der Waals surface area contributed by atoms with Gasteiger partial charge >= 0.3 is 0 Å². The molecule has 0 saturated heterocycles. The van der Waals surface area contributed by atoms with Crippen molar-refractivity contribution in [2.45, 2.75) is 39.8 Å². The molecular weight excluding hydrogens is 492 g/mol. The van der Waals surface area contributed by atoms with Crippen molar-refractivity contribution in [2.75, 3.05) is 5.32 Å². The van der Waals surface area contributed by atoms with Crippen molar-refractivity contribution in [2.24, 2.45) is 0 Å². The molecule has 0 fully saturated rings. The number of rotatable bonds is 7. The fraction of sp³-hybridized carbons (Fsp3) is 0.194. The third kappa shape index (κ3) is 5.13. The van der Waals surface area contributed by atoms with E-state index in [0.29, 0.717) is 45.1 Å². The van der Waals surface area contributed by atoms with Crippen LogP contribution in [-0.2, 0) is 4.79 Å². The van der Waals surface area contributed by atoms with Crippen LogP contribution < -0.4 is 16.0 Å². The number of aromatic amines is 1. The Labute approximate surface area is 226 Å². The maximum Gasteiger partial charge on any atom is 0.256 e. The average molecular weight is 523 g/mol. The lowest BCUT2D eigenvalue weighted by Crippen LogP contribution is -2.27. The van der Waals surface area contributed by atoms with E-state index in [4.69, 9.17) is 4.42 Å². The minimum Gasteiger partial charge on any atom is -0.467 e. The van der Waals surface area contributed by atoms with E-state index in [1.54, 1.807) is 36.6 Å². The van der Waals surface area contributed by atoms with Gasteiger partial charge in [-0.3, -0.25) is 14.4 Å². The molecule has 3 amide bonds. The van der Waals surface area contributed by atoms with E-state index >= 15 is 0 Å². The van der Waals surface area contributed by atoms with Crippen LogP contribution in [0.1, 0.15) is 80.5 Å². The highest BCUT2D eigenvalue weighted by Gasteiger charge is 2.27. The first-order chi connectivity index (χ1) is 18.7. The molecule has 0 aliphatic carbocycles. The van der Waals surface area contributed by atoms with Gasteiger partial charge in [-0.2, -0.15) is 0 Å². The lowest BCUT2D eigenvalue weighted by Gasteiger charge is -2.14. The van der Waals surface area contributed by atoms with Crippen LogP contribution in [0.25, 0.3) is 11.6 Å². The van der Waals surface area contributed by atoms with E-state index < -0.39 is 0 Å². The van der Waals surface area contributed by atoms with Crippen molar-refractivity contribution in [1.29, 1.82) is 0 Å². The normalized spacial score (nSPS) is 15.0. The second-order valence-electron chi connectivity index (χ2n) is 9.75. The second kappa shape index (κ2) is 10.5. The molecule has 3 heterocycles. The van der Waals surface area contributed by atoms with E-state index in [1.165, 1.54) is 0 Å². The predicted octanol–water partition coefficient (Wildman–Crippen LogP) is 5.70. The van der Waals surface area contributed by atoms with Crippen LogP contribution in [0.4, 0.5) is 5.69 Å². The SMILES string of the molecule is Cc1[nH]c(/C=C2\C(=O)Nc3ccc(C(=O)NC(C)c4ccccc4)cc32)c(C)c1C(=O)NC(C)c1ccco1. The van der Waals surface area contributed by atoms with Gasteiger partial charge in [-0.25, -0.2) is 0 Å². The van der Waals surface area contributed by atoms with Gasteiger partial charge in [0.25, 0.3) is 17.7 Å². The largest absolute Gasteiger partial charge is 0.467 e. The highest BCUT2D eigenvalue weighted by atomic mass is 16.3. The summed E-state index contributed by atoms with van der Waals surface area (Å²) >= 11 is 0. The van der Waals surface area contributed by atoms with Crippen molar-refractivity contribution in [3.05, 3.63) is 112 Å². The van der Waals surface area contributed by atoms with Gasteiger partial charge in [0.15, 0.2) is 0 Å². The Hall–Kier alpha value is -4.85. The number of fused-ring (bicyclic) bond motifs is 1. The van der Waals surface area contributed by atoms with Crippen LogP contribution in [0.3, 0.4) is 0 Å². The van der Waals surface area contributed by atoms with Gasteiger partial charge in [0.2, 0.25) is 0 Å². The summed E-state index contributed by atoms with van der Waals surface area (Å²) in [6.07, 6.45) is 3.29. The zero-order chi connectivity index (χ0) is 27.7. The minimum absolute atomic E-state index is 0.175. The Bertz CT molecular complexity index is 1580. The molecule has 4 aromatic rings. The molecule has 5 rings (SSSR count). The maximum absolute atomic E-state index is 13.1. The Morgan fingerprint density at radius 1 is 0.923 bits per heavy atom. The fourth-order valence-corrected chi connectivity index (χ4v) is 4.86. The summed E-state index contributed by atoms with van der Waals surface area (Å²) in [6.45, 7) is 7.44. The molecule has 0 saturated carbocycles. The summed E-state index contributed by atoms with van der Waals surface area (Å²) in [4.78, 5) is 42.3. The number of hydrogen-bond acceptors (Lipinski definition) is 4. The number of aryl methyl sites for hydroxylation is 1. The molecule has 1 aliphatic rings. The van der Waals surface area contributed by atoms with Gasteiger partial charge < -0.3 is 25.4 Å². The van der Waals surface area contributed by atoms with Crippen LogP contribution in [0, 0.1) is 13.8 Å². The molecule has 4 N–H and O–H groups in total. The monoisotopic (exact) mass is 522 g/mol. The van der Waals surface area contributed by atoms with Crippen molar-refractivity contribution in [3.8, 4) is 0 Å². The number of benzene rings is 2. The smallest absolute Gasteiger partial charge is 0.256 e. The molecule has 2 atom stereocenters. The molecular formula is C31H30N4O4. The summed E-state index contributed by atoms with van der Waals surface area (Å²) in [5.74, 6) is -0.0833. The van der Waals surface area contributed by atoms with E-state index in [1.807, 2.05) is 64.1 Å². The zero-order valence-electron chi connectivity index (χ0n) is 22.2. The highest BCUT2D eigenvalue weighted by Crippen LogP contribution is 2.35. The van der Waals surface area contributed by atoms with Gasteiger partial charge in [0, 0.05) is 28.2 Å². The third-order valence-electron chi connectivity index (χ3n) is 7.02. The molecule has 2 unspecified atom stereocenters. The lowest BCUT2D eigenvalue weighted by molar-refractivity contribution is -0.110. The van der Waals surface area contributed by atoms with Crippen LogP contribution in [0.15, 0.2) is 71.3 Å². The summed E-state index contributed by atoms with van der Waals surface area (Å²) in [6, 6.07) is 18.0. The molecule has 0 radical (unpaired) electrons. The van der Waals surface area contributed by atoms with Gasteiger partial charge in [0.05, 0.1) is 29.5 Å². The van der Waals surface area contributed by atoms with Gasteiger partial charge in [-0.1, -0.05) is 30.3 Å². The van der Waals surface area contributed by atoms with Crippen molar-refractivity contribution in [3.63, 3.8) is 0 Å². The molecule has 198 valence electrons.